The van der Waals surface area contributed by atoms with E-state index >= 15 is 0 Å². The van der Waals surface area contributed by atoms with E-state index in [4.69, 9.17) is 5.73 Å². The predicted octanol–water partition coefficient (Wildman–Crippen LogP) is -0.359. The van der Waals surface area contributed by atoms with Gasteiger partial charge in [0.15, 0.2) is 0 Å². The number of carboxylic acid groups (broad SMARTS) is 1. The van der Waals surface area contributed by atoms with Crippen LogP contribution >= 0.6 is 0 Å². The summed E-state index contributed by atoms with van der Waals surface area (Å²) in [4.78, 5) is 50.1. The first kappa shape index (κ1) is 22.4. The fourth-order valence-electron chi connectivity index (χ4n) is 3.29. The van der Waals surface area contributed by atoms with Crippen LogP contribution in [0.2, 0.25) is 0 Å². The topological polar surface area (TPSA) is 142 Å². The number of aliphatic carboxylic acids is 1. The first-order valence-corrected chi connectivity index (χ1v) is 9.64. The van der Waals surface area contributed by atoms with Gasteiger partial charge in [-0.3, -0.25) is 14.4 Å². The molecule has 0 aromatic heterocycles. The van der Waals surface area contributed by atoms with E-state index in [1.165, 1.54) is 11.8 Å². The molecule has 4 atom stereocenters. The zero-order valence-electron chi connectivity index (χ0n) is 16.6. The fraction of sp³-hybridized carbons (Fsp3) is 0.500. The van der Waals surface area contributed by atoms with Crippen LogP contribution in [0.15, 0.2) is 30.3 Å². The van der Waals surface area contributed by atoms with E-state index in [1.807, 2.05) is 6.07 Å². The van der Waals surface area contributed by atoms with Crippen molar-refractivity contribution < 1.29 is 24.3 Å². The molecule has 1 aromatic carbocycles. The molecule has 1 aliphatic heterocycles. The lowest BCUT2D eigenvalue weighted by Crippen LogP contribution is -2.55. The van der Waals surface area contributed by atoms with E-state index in [1.54, 1.807) is 31.2 Å². The summed E-state index contributed by atoms with van der Waals surface area (Å²) in [5, 5.41) is 14.4. The molecule has 29 heavy (non-hydrogen) atoms. The normalized spacial score (nSPS) is 19.1. The summed E-state index contributed by atoms with van der Waals surface area (Å²) in [6.45, 7) is 3.48. The maximum Gasteiger partial charge on any atom is 0.326 e. The van der Waals surface area contributed by atoms with Crippen LogP contribution in [0.5, 0.6) is 0 Å². The Morgan fingerprint density at radius 2 is 1.83 bits per heavy atom. The Morgan fingerprint density at radius 3 is 2.41 bits per heavy atom. The van der Waals surface area contributed by atoms with Crippen LogP contribution in [-0.2, 0) is 25.6 Å². The maximum absolute atomic E-state index is 12.6. The number of amides is 3. The minimum absolute atomic E-state index is 0.127. The van der Waals surface area contributed by atoms with E-state index < -0.39 is 42.0 Å². The van der Waals surface area contributed by atoms with Gasteiger partial charge in [-0.1, -0.05) is 30.3 Å². The van der Waals surface area contributed by atoms with Crippen molar-refractivity contribution in [3.8, 4) is 0 Å². The van der Waals surface area contributed by atoms with Crippen LogP contribution in [0.1, 0.15) is 32.3 Å². The summed E-state index contributed by atoms with van der Waals surface area (Å²) in [7, 11) is 0. The van der Waals surface area contributed by atoms with Crippen LogP contribution in [0.25, 0.3) is 0 Å². The smallest absolute Gasteiger partial charge is 0.326 e. The Kier molecular flexibility index (Phi) is 7.72. The third kappa shape index (κ3) is 6.02. The van der Waals surface area contributed by atoms with Gasteiger partial charge in [-0.15, -0.1) is 0 Å². The molecule has 1 fully saturated rings. The largest absolute Gasteiger partial charge is 0.480 e. The third-order valence-corrected chi connectivity index (χ3v) is 4.88. The zero-order valence-corrected chi connectivity index (χ0v) is 16.6. The van der Waals surface area contributed by atoms with Gasteiger partial charge in [0.1, 0.15) is 18.1 Å². The quantitative estimate of drug-likeness (QED) is 0.466. The lowest BCUT2D eigenvalue weighted by atomic mass is 10.1. The van der Waals surface area contributed by atoms with Gasteiger partial charge in [0.05, 0.1) is 6.04 Å². The summed E-state index contributed by atoms with van der Waals surface area (Å²) in [6, 6.07) is 5.49. The summed E-state index contributed by atoms with van der Waals surface area (Å²) in [5.41, 5.74) is 6.40. The van der Waals surface area contributed by atoms with Crippen molar-refractivity contribution in [2.75, 3.05) is 6.54 Å². The molecule has 0 unspecified atom stereocenters. The number of nitrogens with zero attached hydrogens (tertiary/aromatic N) is 1. The number of nitrogens with one attached hydrogen (secondary N) is 2. The Labute approximate surface area is 169 Å². The Hall–Kier alpha value is -2.94. The second-order valence-corrected chi connectivity index (χ2v) is 7.30. The van der Waals surface area contributed by atoms with E-state index in [9.17, 15) is 24.3 Å². The van der Waals surface area contributed by atoms with Gasteiger partial charge in [-0.05, 0) is 32.3 Å². The van der Waals surface area contributed by atoms with Gasteiger partial charge in [-0.25, -0.2) is 4.79 Å². The molecule has 1 heterocycles. The highest BCUT2D eigenvalue weighted by molar-refractivity contribution is 5.94. The highest BCUT2D eigenvalue weighted by Gasteiger charge is 2.36. The number of likely N-dealkylation sites (tertiary alicyclic amines) is 1. The molecule has 0 bridgehead atoms. The number of nitrogens with two attached hydrogens (primary N) is 1. The zero-order chi connectivity index (χ0) is 21.6. The van der Waals surface area contributed by atoms with Gasteiger partial charge in [0.2, 0.25) is 17.7 Å². The molecule has 2 rings (SSSR count). The number of carbonyl (C=O) groups excluding carboxylic acids is 3. The maximum atomic E-state index is 12.6. The number of rotatable bonds is 8. The number of hydrogen-bond acceptors (Lipinski definition) is 5. The molecule has 0 saturated carbocycles. The Bertz CT molecular complexity index is 752. The van der Waals surface area contributed by atoms with Crippen molar-refractivity contribution >= 4 is 23.7 Å². The highest BCUT2D eigenvalue weighted by Crippen LogP contribution is 2.18. The van der Waals surface area contributed by atoms with Crippen molar-refractivity contribution in [1.82, 2.24) is 15.5 Å². The fourth-order valence-corrected chi connectivity index (χ4v) is 3.29. The second kappa shape index (κ2) is 10.0. The van der Waals surface area contributed by atoms with E-state index in [-0.39, 0.29) is 12.3 Å². The molecule has 5 N–H and O–H groups in total. The standard InChI is InChI=1S/C20H28N4O5/c1-12(21)19(27)24-10-6-9-16(24)18(26)22-13(2)17(25)23-15(20(28)29)11-14-7-4-3-5-8-14/h3-5,7-8,12-13,15-16H,6,9-11,21H2,1-2H3,(H,22,26)(H,23,25)(H,28,29)/t12-,13-,15-,16-/m0/s1. The molecule has 0 aliphatic carbocycles. The highest BCUT2D eigenvalue weighted by atomic mass is 16.4. The average Bonchev–Trinajstić information content (AvgIpc) is 3.17. The minimum Gasteiger partial charge on any atom is -0.480 e. The van der Waals surface area contributed by atoms with E-state index in [2.05, 4.69) is 10.6 Å². The van der Waals surface area contributed by atoms with Gasteiger partial charge < -0.3 is 26.4 Å². The van der Waals surface area contributed by atoms with Crippen LogP contribution in [-0.4, -0.2) is 64.4 Å². The summed E-state index contributed by atoms with van der Waals surface area (Å²) in [5.74, 6) is -2.53. The van der Waals surface area contributed by atoms with Crippen LogP contribution < -0.4 is 16.4 Å². The van der Waals surface area contributed by atoms with Crippen LogP contribution in [0, 0.1) is 0 Å². The van der Waals surface area contributed by atoms with E-state index in [0.29, 0.717) is 19.4 Å². The molecule has 9 heteroatoms. The lowest BCUT2D eigenvalue weighted by molar-refractivity contribution is -0.142. The monoisotopic (exact) mass is 404 g/mol. The molecule has 0 radical (unpaired) electrons. The van der Waals surface area contributed by atoms with Crippen LogP contribution in [0.3, 0.4) is 0 Å². The second-order valence-electron chi connectivity index (χ2n) is 7.30. The molecule has 158 valence electrons. The van der Waals surface area contributed by atoms with Gasteiger partial charge >= 0.3 is 5.97 Å². The molecule has 9 nitrogen and oxygen atoms in total. The SMILES string of the molecule is C[C@H](N)C(=O)N1CCC[C@H]1C(=O)N[C@@H](C)C(=O)N[C@@H](Cc1ccccc1)C(=O)O. The Morgan fingerprint density at radius 1 is 1.17 bits per heavy atom. The molecule has 1 aromatic rings. The summed E-state index contributed by atoms with van der Waals surface area (Å²) >= 11 is 0. The summed E-state index contributed by atoms with van der Waals surface area (Å²) < 4.78 is 0. The lowest BCUT2D eigenvalue weighted by Gasteiger charge is -2.27. The molecule has 1 aliphatic rings. The van der Waals surface area contributed by atoms with Crippen molar-refractivity contribution in [1.29, 1.82) is 0 Å². The predicted molar refractivity (Wildman–Crippen MR) is 106 cm³/mol. The van der Waals surface area contributed by atoms with Gasteiger partial charge in [-0.2, -0.15) is 0 Å². The van der Waals surface area contributed by atoms with Gasteiger partial charge in [0, 0.05) is 13.0 Å². The van der Waals surface area contributed by atoms with Crippen molar-refractivity contribution in [2.45, 2.75) is 57.3 Å². The third-order valence-electron chi connectivity index (χ3n) is 4.88. The number of hydrogen-bond donors (Lipinski definition) is 4. The molecule has 0 spiro atoms. The molecular weight excluding hydrogens is 376 g/mol. The van der Waals surface area contributed by atoms with Crippen molar-refractivity contribution in [2.24, 2.45) is 5.73 Å². The number of carbonyl (C=O) groups is 4. The first-order valence-electron chi connectivity index (χ1n) is 9.64. The van der Waals surface area contributed by atoms with Crippen molar-refractivity contribution in [3.63, 3.8) is 0 Å². The van der Waals surface area contributed by atoms with Crippen LogP contribution in [0.4, 0.5) is 0 Å². The minimum atomic E-state index is -1.16. The van der Waals surface area contributed by atoms with E-state index in [0.717, 1.165) is 5.56 Å². The van der Waals surface area contributed by atoms with Crippen molar-refractivity contribution in [3.05, 3.63) is 35.9 Å². The molecule has 1 saturated heterocycles. The molecule has 3 amide bonds. The Balaban J connectivity index is 1.95. The van der Waals surface area contributed by atoms with Gasteiger partial charge in [0.25, 0.3) is 0 Å². The number of benzene rings is 1. The number of carboxylic acids is 1. The molecular formula is C20H28N4O5. The first-order chi connectivity index (χ1) is 13.7. The average molecular weight is 404 g/mol. The summed E-state index contributed by atoms with van der Waals surface area (Å²) in [6.07, 6.45) is 1.29.